The molecule has 2 aromatic rings. The van der Waals surface area contributed by atoms with Crippen LogP contribution in [0.4, 0.5) is 0 Å². The predicted octanol–water partition coefficient (Wildman–Crippen LogP) is 2.78. The summed E-state index contributed by atoms with van der Waals surface area (Å²) in [6.07, 6.45) is 5.37. The van der Waals surface area contributed by atoms with Crippen molar-refractivity contribution in [3.8, 4) is 0 Å². The number of thioether (sulfide) groups is 2. The van der Waals surface area contributed by atoms with E-state index in [1.54, 1.807) is 103 Å². The van der Waals surface area contributed by atoms with Gasteiger partial charge in [0.05, 0.1) is 23.3 Å². The van der Waals surface area contributed by atoms with Crippen LogP contribution in [0.5, 0.6) is 0 Å². The SMILES string of the molecule is C=C[C@@]1(NC(=O)[C@H](C)NC)CCS[C@H]2CC(C)(C)[C@@H](C(=O)N[C@@H](C(=O)N[C@H]3CC[C@H](NC(=O)[C@@H](NC(=O)[C@H]4N5C(=O)[C@H](NC(=O)CNC)CCS[C@H]5CC4(C)C)c4ccccc4)CC3)c3ccccc3)N2C1=O. The lowest BCUT2D eigenvalue weighted by molar-refractivity contribution is -0.147. The fourth-order valence-corrected chi connectivity index (χ4v) is 14.3. The minimum absolute atomic E-state index is 0.0532. The van der Waals surface area contributed by atoms with E-state index in [0.29, 0.717) is 74.0 Å². The summed E-state index contributed by atoms with van der Waals surface area (Å²) in [5, 5.41) is 23.3. The van der Waals surface area contributed by atoms with E-state index >= 15 is 0 Å². The van der Waals surface area contributed by atoms with E-state index in [-0.39, 0.29) is 47.1 Å². The molecule has 0 spiro atoms. The van der Waals surface area contributed by atoms with Crippen molar-refractivity contribution in [2.24, 2.45) is 10.8 Å². The maximum atomic E-state index is 14.7. The number of nitrogens with one attached hydrogen (secondary N) is 8. The molecule has 9 atom stereocenters. The first-order valence-electron chi connectivity index (χ1n) is 25.5. The van der Waals surface area contributed by atoms with Gasteiger partial charge in [0.25, 0.3) is 5.91 Å². The maximum absolute atomic E-state index is 14.7. The van der Waals surface area contributed by atoms with Gasteiger partial charge in [0.15, 0.2) is 0 Å². The molecule has 18 nitrogen and oxygen atoms in total. The topological polar surface area (TPSA) is 239 Å². The van der Waals surface area contributed by atoms with E-state index in [9.17, 15) is 38.4 Å². The number of benzene rings is 2. The summed E-state index contributed by atoms with van der Waals surface area (Å²) >= 11 is 3.16. The van der Waals surface area contributed by atoms with Crippen molar-refractivity contribution < 1.29 is 38.4 Å². The Morgan fingerprint density at radius 1 is 0.685 bits per heavy atom. The number of amides is 8. The molecule has 1 saturated carbocycles. The van der Waals surface area contributed by atoms with Crippen LogP contribution in [0.15, 0.2) is 73.3 Å². The summed E-state index contributed by atoms with van der Waals surface area (Å²) in [5.41, 5.74) is -1.62. The summed E-state index contributed by atoms with van der Waals surface area (Å²) in [5.74, 6) is -1.99. The third-order valence-electron chi connectivity index (χ3n) is 15.2. The average Bonchev–Trinajstić information content (AvgIpc) is 3.69. The highest BCUT2D eigenvalue weighted by molar-refractivity contribution is 8.00. The zero-order valence-corrected chi connectivity index (χ0v) is 44.7. The highest BCUT2D eigenvalue weighted by Crippen LogP contribution is 2.49. The van der Waals surface area contributed by atoms with Crippen LogP contribution >= 0.6 is 23.5 Å². The van der Waals surface area contributed by atoms with Crippen LogP contribution in [-0.2, 0) is 38.4 Å². The van der Waals surface area contributed by atoms with Gasteiger partial charge in [-0.15, -0.1) is 30.1 Å². The first-order valence-corrected chi connectivity index (χ1v) is 27.6. The Labute approximate surface area is 437 Å². The van der Waals surface area contributed by atoms with E-state index in [2.05, 4.69) is 49.1 Å². The molecule has 0 radical (unpaired) electrons. The maximum Gasteiger partial charge on any atom is 0.253 e. The molecule has 1 aliphatic carbocycles. The van der Waals surface area contributed by atoms with Gasteiger partial charge in [-0.1, -0.05) is 94.4 Å². The van der Waals surface area contributed by atoms with Crippen molar-refractivity contribution in [1.29, 1.82) is 0 Å². The van der Waals surface area contributed by atoms with Crippen LogP contribution in [0.2, 0.25) is 0 Å². The second kappa shape index (κ2) is 23.4. The van der Waals surface area contributed by atoms with Crippen LogP contribution in [-0.4, -0.2) is 142 Å². The van der Waals surface area contributed by atoms with Gasteiger partial charge < -0.3 is 52.3 Å². The molecule has 20 heteroatoms. The predicted molar refractivity (Wildman–Crippen MR) is 282 cm³/mol. The summed E-state index contributed by atoms with van der Waals surface area (Å²) in [7, 11) is 3.31. The van der Waals surface area contributed by atoms with Gasteiger partial charge in [0, 0.05) is 12.1 Å². The van der Waals surface area contributed by atoms with Crippen molar-refractivity contribution in [3.63, 3.8) is 0 Å². The number of fused-ring (bicyclic) bond motifs is 2. The molecule has 73 heavy (non-hydrogen) atoms. The van der Waals surface area contributed by atoms with Gasteiger partial charge in [0.2, 0.25) is 41.4 Å². The largest absolute Gasteiger partial charge is 0.351 e. The summed E-state index contributed by atoms with van der Waals surface area (Å²) in [6, 6.07) is 12.0. The van der Waals surface area contributed by atoms with E-state index in [0.717, 1.165) is 0 Å². The molecule has 0 unspecified atom stereocenters. The van der Waals surface area contributed by atoms with Crippen LogP contribution < -0.4 is 42.5 Å². The lowest BCUT2D eigenvalue weighted by Crippen LogP contribution is -2.64. The number of hydrogen-bond acceptors (Lipinski definition) is 12. The van der Waals surface area contributed by atoms with Crippen molar-refractivity contribution in [3.05, 3.63) is 84.4 Å². The number of likely N-dealkylation sites (N-methyl/N-ethyl adjacent to an activating group) is 2. The molecule has 5 fully saturated rings. The molecule has 8 N–H and O–H groups in total. The van der Waals surface area contributed by atoms with E-state index in [1.165, 1.54) is 6.08 Å². The fraction of sp³-hybridized carbons (Fsp3) is 0.585. The van der Waals surface area contributed by atoms with Crippen molar-refractivity contribution in [1.82, 2.24) is 52.3 Å². The molecule has 2 aromatic carbocycles. The monoisotopic (exact) mass is 1040 g/mol. The Morgan fingerprint density at radius 3 is 1.64 bits per heavy atom. The molecule has 5 aliphatic rings. The molecular formula is C53H74N10O8S2. The number of carbonyl (C=O) groups is 8. The van der Waals surface area contributed by atoms with Gasteiger partial charge in [-0.05, 0) is 106 Å². The van der Waals surface area contributed by atoms with Crippen molar-refractivity contribution in [2.75, 3.05) is 32.1 Å². The van der Waals surface area contributed by atoms with Gasteiger partial charge in [0.1, 0.15) is 35.7 Å². The number of carbonyl (C=O) groups excluding carboxylic acids is 8. The standard InChI is InChI=1S/C53H74N10O8S2/c1-9-53(61-44(65)31(2)55-8)25-27-73-39-29-52(5,6)43(63(39)50(53)71)48(69)60-41(33-18-14-11-15-19-33)46(67)57-35-22-20-34(21-23-35)56-45(66)40(32-16-12-10-13-17-32)59-47(68)42-51(3,4)28-38-62(42)49(70)36(24-26-72-38)58-37(64)30-54-7/h9-19,31,34-36,38-43,54-55H,1,20-30H2,2-8H3,(H,56,66)(H,57,67)(H,58,64)(H,59,68)(H,60,69)(H,61,65)/t31-,34-,35-,36+,38-,39-,40-,41+,42+,43+,53+/m0/s1. The molecule has 4 saturated heterocycles. The summed E-state index contributed by atoms with van der Waals surface area (Å²) in [4.78, 5) is 116. The van der Waals surface area contributed by atoms with Gasteiger partial charge >= 0.3 is 0 Å². The Morgan fingerprint density at radius 2 is 1.16 bits per heavy atom. The average molecular weight is 1040 g/mol. The minimum Gasteiger partial charge on any atom is -0.351 e. The van der Waals surface area contributed by atoms with Crippen LogP contribution in [0, 0.1) is 10.8 Å². The molecule has 0 aromatic heterocycles. The van der Waals surface area contributed by atoms with Crippen LogP contribution in [0.25, 0.3) is 0 Å². The number of rotatable bonds is 17. The van der Waals surface area contributed by atoms with E-state index < -0.39 is 82.2 Å². The Balaban J connectivity index is 1.02. The Bertz CT molecular complexity index is 2390. The minimum atomic E-state index is -1.43. The Kier molecular flexibility index (Phi) is 17.7. The number of nitrogens with zero attached hydrogens (tertiary/aromatic N) is 2. The molecule has 396 valence electrons. The second-order valence-electron chi connectivity index (χ2n) is 21.4. The molecular weight excluding hydrogens is 969 g/mol. The summed E-state index contributed by atoms with van der Waals surface area (Å²) < 4.78 is 0. The lowest BCUT2D eigenvalue weighted by Gasteiger charge is -2.39. The molecule has 7 rings (SSSR count). The van der Waals surface area contributed by atoms with E-state index in [4.69, 9.17) is 0 Å². The van der Waals surface area contributed by atoms with Gasteiger partial charge in [-0.3, -0.25) is 38.4 Å². The highest BCUT2D eigenvalue weighted by atomic mass is 32.2. The normalized spacial score (nSPS) is 28.6. The summed E-state index contributed by atoms with van der Waals surface area (Å²) in [6.45, 7) is 13.5. The third-order valence-corrected chi connectivity index (χ3v) is 17.7. The molecule has 8 amide bonds. The highest BCUT2D eigenvalue weighted by Gasteiger charge is 2.58. The molecule has 0 bridgehead atoms. The second-order valence-corrected chi connectivity index (χ2v) is 24.0. The smallest absolute Gasteiger partial charge is 0.253 e. The van der Waals surface area contributed by atoms with Crippen LogP contribution in [0.3, 0.4) is 0 Å². The van der Waals surface area contributed by atoms with Gasteiger partial charge in [-0.2, -0.15) is 0 Å². The van der Waals surface area contributed by atoms with Crippen molar-refractivity contribution in [2.45, 2.75) is 151 Å². The first kappa shape index (κ1) is 55.3. The molecule has 4 heterocycles. The zero-order chi connectivity index (χ0) is 52.8. The lowest BCUT2D eigenvalue weighted by atomic mass is 9.83. The fourth-order valence-electron chi connectivity index (χ4n) is 11.1. The van der Waals surface area contributed by atoms with Gasteiger partial charge in [-0.25, -0.2) is 0 Å². The zero-order valence-electron chi connectivity index (χ0n) is 43.1. The quantitative estimate of drug-likeness (QED) is 0.107. The van der Waals surface area contributed by atoms with E-state index in [1.807, 2.05) is 39.8 Å². The number of hydrogen-bond donors (Lipinski definition) is 8. The molecule has 4 aliphatic heterocycles. The Hall–Kier alpha value is -5.44. The first-order chi connectivity index (χ1) is 34.7. The van der Waals surface area contributed by atoms with Crippen LogP contribution in [0.1, 0.15) is 109 Å². The third kappa shape index (κ3) is 12.2. The van der Waals surface area contributed by atoms with Crippen molar-refractivity contribution >= 4 is 70.8 Å².